The third kappa shape index (κ3) is 1.68. The molecule has 4 N–H and O–H groups in total. The highest BCUT2D eigenvalue weighted by atomic mass is 16.2. The van der Waals surface area contributed by atoms with Gasteiger partial charge in [-0.25, -0.2) is 0 Å². The summed E-state index contributed by atoms with van der Waals surface area (Å²) in [5.41, 5.74) is 5.28. The summed E-state index contributed by atoms with van der Waals surface area (Å²) in [7, 11) is 0. The third-order valence-electron chi connectivity index (χ3n) is 2.43. The monoisotopic (exact) mass is 195 g/mol. The van der Waals surface area contributed by atoms with Gasteiger partial charge in [0.15, 0.2) is 0 Å². The van der Waals surface area contributed by atoms with E-state index in [0.717, 1.165) is 12.8 Å². The van der Waals surface area contributed by atoms with Crippen LogP contribution in [0.4, 0.5) is 5.95 Å². The second kappa shape index (κ2) is 3.28. The number of hydrogen-bond donors (Lipinski definition) is 3. The number of nitrogens with two attached hydrogens (primary N) is 1. The van der Waals surface area contributed by atoms with Crippen molar-refractivity contribution in [1.82, 2.24) is 20.5 Å². The molecule has 1 aliphatic rings. The maximum Gasteiger partial charge on any atom is 0.288 e. The fourth-order valence-electron chi connectivity index (χ4n) is 1.65. The van der Waals surface area contributed by atoms with Crippen molar-refractivity contribution in [3.63, 3.8) is 0 Å². The molecule has 1 amide bonds. The summed E-state index contributed by atoms with van der Waals surface area (Å²) >= 11 is 0. The number of aromatic nitrogens is 3. The zero-order valence-electron chi connectivity index (χ0n) is 7.95. The van der Waals surface area contributed by atoms with E-state index in [9.17, 15) is 4.79 Å². The molecule has 0 saturated heterocycles. The zero-order chi connectivity index (χ0) is 10.1. The first-order valence-electron chi connectivity index (χ1n) is 4.64. The fraction of sp³-hybridized carbons (Fsp3) is 0.625. The second-order valence-corrected chi connectivity index (χ2v) is 3.79. The van der Waals surface area contributed by atoms with Gasteiger partial charge in [0.05, 0.1) is 0 Å². The zero-order valence-corrected chi connectivity index (χ0v) is 7.95. The van der Waals surface area contributed by atoms with E-state index in [2.05, 4.69) is 27.4 Å². The number of carbonyl (C=O) groups is 1. The highest BCUT2D eigenvalue weighted by molar-refractivity contribution is 5.90. The van der Waals surface area contributed by atoms with Gasteiger partial charge in [0.1, 0.15) is 0 Å². The Balaban J connectivity index is 1.90. The molecule has 1 fully saturated rings. The van der Waals surface area contributed by atoms with Gasteiger partial charge in [-0.15, -0.1) is 5.10 Å². The van der Waals surface area contributed by atoms with Crippen LogP contribution in [-0.4, -0.2) is 27.1 Å². The normalized spacial score (nSPS) is 25.5. The summed E-state index contributed by atoms with van der Waals surface area (Å²) in [5, 5.41) is 8.90. The number of carbonyl (C=O) groups excluding carboxylic acids is 1. The van der Waals surface area contributed by atoms with E-state index in [1.807, 2.05) is 0 Å². The number of H-pyrrole nitrogens is 1. The van der Waals surface area contributed by atoms with E-state index in [1.54, 1.807) is 0 Å². The molecule has 2 rings (SSSR count). The van der Waals surface area contributed by atoms with Crippen LogP contribution in [0.15, 0.2) is 0 Å². The van der Waals surface area contributed by atoms with Crippen LogP contribution in [0.3, 0.4) is 0 Å². The van der Waals surface area contributed by atoms with E-state index >= 15 is 0 Å². The highest BCUT2D eigenvalue weighted by Gasteiger charge is 2.27. The van der Waals surface area contributed by atoms with E-state index in [4.69, 9.17) is 5.73 Å². The number of rotatable bonds is 2. The second-order valence-electron chi connectivity index (χ2n) is 3.79. The minimum Gasteiger partial charge on any atom is -0.366 e. The molecule has 6 heteroatoms. The van der Waals surface area contributed by atoms with Crippen molar-refractivity contribution in [3.05, 3.63) is 5.82 Å². The summed E-state index contributed by atoms with van der Waals surface area (Å²) in [5.74, 6) is 0.755. The summed E-state index contributed by atoms with van der Waals surface area (Å²) in [4.78, 5) is 15.2. The van der Waals surface area contributed by atoms with Crippen LogP contribution in [0.2, 0.25) is 0 Å². The molecular formula is C8H13N5O. The summed E-state index contributed by atoms with van der Waals surface area (Å²) in [6, 6.07) is 0.281. The largest absolute Gasteiger partial charge is 0.366 e. The first kappa shape index (κ1) is 8.98. The van der Waals surface area contributed by atoms with Gasteiger partial charge in [-0.1, -0.05) is 6.92 Å². The van der Waals surface area contributed by atoms with Crippen LogP contribution in [0.1, 0.15) is 30.4 Å². The molecule has 0 radical (unpaired) electrons. The lowest BCUT2D eigenvalue weighted by Crippen LogP contribution is -2.43. The van der Waals surface area contributed by atoms with Crippen molar-refractivity contribution in [1.29, 1.82) is 0 Å². The molecule has 14 heavy (non-hydrogen) atoms. The highest BCUT2D eigenvalue weighted by Crippen LogP contribution is 2.26. The minimum atomic E-state index is -0.230. The molecule has 0 aliphatic heterocycles. The maximum absolute atomic E-state index is 11.5. The lowest BCUT2D eigenvalue weighted by Gasteiger charge is -2.32. The van der Waals surface area contributed by atoms with Crippen molar-refractivity contribution in [3.8, 4) is 0 Å². The van der Waals surface area contributed by atoms with E-state index in [1.165, 1.54) is 0 Å². The van der Waals surface area contributed by atoms with Gasteiger partial charge in [-0.2, -0.15) is 4.98 Å². The first-order valence-corrected chi connectivity index (χ1v) is 4.64. The summed E-state index contributed by atoms with van der Waals surface area (Å²) in [6.45, 7) is 2.16. The lowest BCUT2D eigenvalue weighted by atomic mass is 9.82. The van der Waals surface area contributed by atoms with E-state index in [-0.39, 0.29) is 23.7 Å². The van der Waals surface area contributed by atoms with Crippen LogP contribution in [0.5, 0.6) is 0 Å². The molecule has 0 bridgehead atoms. The average Bonchev–Trinajstić information content (AvgIpc) is 2.49. The van der Waals surface area contributed by atoms with Gasteiger partial charge in [0.25, 0.3) is 5.91 Å². The van der Waals surface area contributed by atoms with Gasteiger partial charge in [0.2, 0.25) is 11.8 Å². The Bertz CT molecular complexity index is 341. The third-order valence-corrected chi connectivity index (χ3v) is 2.43. The van der Waals surface area contributed by atoms with Crippen molar-refractivity contribution in [2.24, 2.45) is 5.92 Å². The number of nitrogens with one attached hydrogen (secondary N) is 2. The number of amides is 1. The smallest absolute Gasteiger partial charge is 0.288 e. The average molecular weight is 195 g/mol. The predicted molar refractivity (Wildman–Crippen MR) is 50.4 cm³/mol. The van der Waals surface area contributed by atoms with Crippen LogP contribution in [0, 0.1) is 5.92 Å². The van der Waals surface area contributed by atoms with Gasteiger partial charge >= 0.3 is 0 Å². The Morgan fingerprint density at radius 3 is 2.86 bits per heavy atom. The van der Waals surface area contributed by atoms with Crippen LogP contribution in [0.25, 0.3) is 0 Å². The maximum atomic E-state index is 11.5. The van der Waals surface area contributed by atoms with Crippen molar-refractivity contribution in [2.45, 2.75) is 25.8 Å². The Kier molecular flexibility index (Phi) is 2.11. The Labute approximate surface area is 81.3 Å². The van der Waals surface area contributed by atoms with Crippen molar-refractivity contribution < 1.29 is 4.79 Å². The van der Waals surface area contributed by atoms with Gasteiger partial charge in [0, 0.05) is 6.04 Å². The minimum absolute atomic E-state index is 0.0946. The summed E-state index contributed by atoms with van der Waals surface area (Å²) < 4.78 is 0. The van der Waals surface area contributed by atoms with Gasteiger partial charge in [-0.3, -0.25) is 9.89 Å². The number of nitrogens with zero attached hydrogens (tertiary/aromatic N) is 2. The molecule has 6 nitrogen and oxygen atoms in total. The lowest BCUT2D eigenvalue weighted by molar-refractivity contribution is 0.0886. The molecule has 1 saturated carbocycles. The molecule has 0 aromatic carbocycles. The van der Waals surface area contributed by atoms with Crippen molar-refractivity contribution in [2.75, 3.05) is 5.73 Å². The van der Waals surface area contributed by atoms with Crippen molar-refractivity contribution >= 4 is 11.9 Å². The number of nitrogen functional groups attached to an aromatic ring is 1. The Hall–Kier alpha value is -1.59. The summed E-state index contributed by atoms with van der Waals surface area (Å²) in [6.07, 6.45) is 2.07. The number of anilines is 1. The molecule has 0 atom stereocenters. The number of hydrogen-bond acceptors (Lipinski definition) is 4. The van der Waals surface area contributed by atoms with Gasteiger partial charge < -0.3 is 11.1 Å². The predicted octanol–water partition coefficient (Wildman–Crippen LogP) is -0.0848. The van der Waals surface area contributed by atoms with Crippen LogP contribution >= 0.6 is 0 Å². The Morgan fingerprint density at radius 1 is 1.64 bits per heavy atom. The SMILES string of the molecule is CC1CC(NC(=O)c2nc(N)n[nH]2)C1. The Morgan fingerprint density at radius 2 is 2.36 bits per heavy atom. The van der Waals surface area contributed by atoms with E-state index in [0.29, 0.717) is 5.92 Å². The van der Waals surface area contributed by atoms with Gasteiger partial charge in [-0.05, 0) is 18.8 Å². The molecule has 1 aliphatic carbocycles. The topological polar surface area (TPSA) is 96.7 Å². The molecule has 0 spiro atoms. The molecule has 76 valence electrons. The molecule has 1 aromatic rings. The first-order chi connectivity index (χ1) is 6.65. The number of aromatic amines is 1. The van der Waals surface area contributed by atoms with E-state index < -0.39 is 0 Å². The van der Waals surface area contributed by atoms with Crippen LogP contribution < -0.4 is 11.1 Å². The van der Waals surface area contributed by atoms with Crippen LogP contribution in [-0.2, 0) is 0 Å². The molecule has 1 aromatic heterocycles. The molecule has 1 heterocycles. The quantitative estimate of drug-likeness (QED) is 0.614. The fourth-order valence-corrected chi connectivity index (χ4v) is 1.65. The molecule has 0 unspecified atom stereocenters. The standard InChI is InChI=1S/C8H13N5O/c1-4-2-5(3-4)10-7(14)6-11-8(9)13-12-6/h4-5H,2-3H2,1H3,(H,10,14)(H3,9,11,12,13). The molecular weight excluding hydrogens is 182 g/mol.